The van der Waals surface area contributed by atoms with E-state index in [1.54, 1.807) is 11.1 Å². The number of hydrogen-bond acceptors (Lipinski definition) is 4. The van der Waals surface area contributed by atoms with Gasteiger partial charge in [0.25, 0.3) is 5.91 Å². The zero-order chi connectivity index (χ0) is 20.9. The molecular weight excluding hydrogens is 432 g/mol. The van der Waals surface area contributed by atoms with Gasteiger partial charge in [-0.1, -0.05) is 0 Å². The number of hydrogen-bond donors (Lipinski definition) is 0. The maximum atomic E-state index is 13.5. The second kappa shape index (κ2) is 7.55. The fourth-order valence-electron chi connectivity index (χ4n) is 3.77. The molecule has 8 heteroatoms. The van der Waals surface area contributed by atoms with E-state index in [-0.39, 0.29) is 11.9 Å². The molecule has 0 aromatic carbocycles. The SMILES string of the molecule is CCn1ncc(Br)c1CN(C)C(=O)c1cc(C2CC2)nc2c1c(C)nn2C(C)C. The first-order valence-electron chi connectivity index (χ1n) is 10.2. The van der Waals surface area contributed by atoms with Crippen LogP contribution in [0.5, 0.6) is 0 Å². The van der Waals surface area contributed by atoms with Gasteiger partial charge in [0.05, 0.1) is 39.6 Å². The van der Waals surface area contributed by atoms with Gasteiger partial charge in [0, 0.05) is 31.2 Å². The Morgan fingerprint density at radius 3 is 2.72 bits per heavy atom. The van der Waals surface area contributed by atoms with Crippen LogP contribution in [0.15, 0.2) is 16.7 Å². The van der Waals surface area contributed by atoms with E-state index in [0.29, 0.717) is 18.0 Å². The van der Waals surface area contributed by atoms with Crippen molar-refractivity contribution in [3.8, 4) is 0 Å². The van der Waals surface area contributed by atoms with Crippen molar-refractivity contribution >= 4 is 32.9 Å². The minimum Gasteiger partial charge on any atom is -0.336 e. The number of carbonyl (C=O) groups is 1. The molecule has 1 saturated carbocycles. The van der Waals surface area contributed by atoms with Crippen LogP contribution >= 0.6 is 15.9 Å². The Balaban J connectivity index is 1.77. The molecule has 1 aliphatic carbocycles. The molecule has 1 fully saturated rings. The largest absolute Gasteiger partial charge is 0.336 e. The van der Waals surface area contributed by atoms with Gasteiger partial charge in [-0.15, -0.1) is 0 Å². The predicted molar refractivity (Wildman–Crippen MR) is 116 cm³/mol. The fraction of sp³-hybridized carbons (Fsp3) is 0.524. The average molecular weight is 459 g/mol. The summed E-state index contributed by atoms with van der Waals surface area (Å²) < 4.78 is 4.77. The van der Waals surface area contributed by atoms with Crippen molar-refractivity contribution in [2.24, 2.45) is 0 Å². The van der Waals surface area contributed by atoms with Crippen molar-refractivity contribution < 1.29 is 4.79 Å². The van der Waals surface area contributed by atoms with Crippen LogP contribution in [0.1, 0.15) is 73.0 Å². The topological polar surface area (TPSA) is 68.8 Å². The highest BCUT2D eigenvalue weighted by molar-refractivity contribution is 9.10. The Hall–Kier alpha value is -2.22. The first-order valence-corrected chi connectivity index (χ1v) is 11.0. The highest BCUT2D eigenvalue weighted by atomic mass is 79.9. The first-order chi connectivity index (χ1) is 13.8. The smallest absolute Gasteiger partial charge is 0.254 e. The molecule has 0 atom stereocenters. The molecule has 154 valence electrons. The number of aryl methyl sites for hydroxylation is 2. The number of carbonyl (C=O) groups excluding carboxylic acids is 1. The third-order valence-corrected chi connectivity index (χ3v) is 6.17. The van der Waals surface area contributed by atoms with Crippen LogP contribution in [0.4, 0.5) is 0 Å². The van der Waals surface area contributed by atoms with Crippen molar-refractivity contribution in [1.29, 1.82) is 0 Å². The van der Waals surface area contributed by atoms with E-state index < -0.39 is 0 Å². The van der Waals surface area contributed by atoms with Gasteiger partial charge in [0.2, 0.25) is 0 Å². The Bertz CT molecular complexity index is 1080. The minimum absolute atomic E-state index is 0.0125. The molecule has 1 amide bonds. The van der Waals surface area contributed by atoms with Gasteiger partial charge in [0.1, 0.15) is 0 Å². The maximum absolute atomic E-state index is 13.5. The summed E-state index contributed by atoms with van der Waals surface area (Å²) in [4.78, 5) is 20.2. The van der Waals surface area contributed by atoms with Gasteiger partial charge in [-0.2, -0.15) is 10.2 Å². The fourth-order valence-corrected chi connectivity index (χ4v) is 4.19. The molecule has 3 aromatic heterocycles. The van der Waals surface area contributed by atoms with Gasteiger partial charge < -0.3 is 4.90 Å². The molecule has 3 aromatic rings. The molecule has 1 aliphatic rings. The van der Waals surface area contributed by atoms with Crippen molar-refractivity contribution in [3.63, 3.8) is 0 Å². The van der Waals surface area contributed by atoms with Crippen LogP contribution in [-0.4, -0.2) is 42.4 Å². The van der Waals surface area contributed by atoms with Gasteiger partial charge in [-0.05, 0) is 62.5 Å². The first kappa shape index (κ1) is 20.1. The molecule has 4 rings (SSSR count). The van der Waals surface area contributed by atoms with E-state index >= 15 is 0 Å². The van der Waals surface area contributed by atoms with Crippen molar-refractivity contribution in [1.82, 2.24) is 29.4 Å². The molecule has 3 heterocycles. The van der Waals surface area contributed by atoms with E-state index in [2.05, 4.69) is 34.9 Å². The Labute approximate surface area is 179 Å². The molecule has 29 heavy (non-hydrogen) atoms. The van der Waals surface area contributed by atoms with Crippen LogP contribution in [-0.2, 0) is 13.1 Å². The van der Waals surface area contributed by atoms with Crippen LogP contribution < -0.4 is 0 Å². The zero-order valence-corrected chi connectivity index (χ0v) is 19.2. The maximum Gasteiger partial charge on any atom is 0.254 e. The number of nitrogens with zero attached hydrogens (tertiary/aromatic N) is 6. The highest BCUT2D eigenvalue weighted by Gasteiger charge is 2.30. The molecule has 0 spiro atoms. The minimum atomic E-state index is -0.0125. The monoisotopic (exact) mass is 458 g/mol. The van der Waals surface area contributed by atoms with E-state index in [4.69, 9.17) is 10.1 Å². The number of amides is 1. The number of aromatic nitrogens is 5. The predicted octanol–water partition coefficient (Wildman–Crippen LogP) is 4.45. The van der Waals surface area contributed by atoms with Crippen molar-refractivity contribution in [2.45, 2.75) is 65.6 Å². The molecule has 0 aliphatic heterocycles. The number of rotatable bonds is 6. The van der Waals surface area contributed by atoms with E-state index in [9.17, 15) is 4.79 Å². The quantitative estimate of drug-likeness (QED) is 0.546. The number of fused-ring (bicyclic) bond motifs is 1. The van der Waals surface area contributed by atoms with Gasteiger partial charge in [-0.25, -0.2) is 9.67 Å². The normalized spacial score (nSPS) is 14.2. The van der Waals surface area contributed by atoms with Gasteiger partial charge >= 0.3 is 0 Å². The Morgan fingerprint density at radius 1 is 1.38 bits per heavy atom. The standard InChI is InChI=1S/C21H27BrN6O/c1-6-27-18(16(22)10-23-27)11-26(5)21(29)15-9-17(14-7-8-14)24-20-19(15)13(4)25-28(20)12(2)3/h9-10,12,14H,6-8,11H2,1-5H3. The summed E-state index contributed by atoms with van der Waals surface area (Å²) in [7, 11) is 1.84. The summed E-state index contributed by atoms with van der Waals surface area (Å²) in [5.74, 6) is 0.448. The Morgan fingerprint density at radius 2 is 2.10 bits per heavy atom. The number of halogens is 1. The average Bonchev–Trinajstić information content (AvgIpc) is 3.41. The summed E-state index contributed by atoms with van der Waals surface area (Å²) in [5, 5.41) is 9.92. The highest BCUT2D eigenvalue weighted by Crippen LogP contribution is 2.41. The van der Waals surface area contributed by atoms with Crippen LogP contribution in [0.2, 0.25) is 0 Å². The van der Waals surface area contributed by atoms with Crippen molar-refractivity contribution in [3.05, 3.63) is 39.4 Å². The molecule has 0 N–H and O–H groups in total. The van der Waals surface area contributed by atoms with Crippen LogP contribution in [0.25, 0.3) is 11.0 Å². The second-order valence-electron chi connectivity index (χ2n) is 8.11. The summed E-state index contributed by atoms with van der Waals surface area (Å²) in [6.45, 7) is 9.42. The second-order valence-corrected chi connectivity index (χ2v) is 8.96. The third kappa shape index (κ3) is 3.58. The molecule has 0 saturated heterocycles. The zero-order valence-electron chi connectivity index (χ0n) is 17.6. The van der Waals surface area contributed by atoms with E-state index in [1.807, 2.05) is 36.3 Å². The molecule has 0 unspecified atom stereocenters. The van der Waals surface area contributed by atoms with E-state index in [1.165, 1.54) is 0 Å². The van der Waals surface area contributed by atoms with E-state index in [0.717, 1.165) is 52.0 Å². The van der Waals surface area contributed by atoms with Crippen molar-refractivity contribution in [2.75, 3.05) is 7.05 Å². The number of pyridine rings is 1. The summed E-state index contributed by atoms with van der Waals surface area (Å²) in [5.41, 5.74) is 4.36. The van der Waals surface area contributed by atoms with Gasteiger partial charge in [0.15, 0.2) is 5.65 Å². The lowest BCUT2D eigenvalue weighted by Gasteiger charge is -2.19. The molecule has 0 radical (unpaired) electrons. The lowest BCUT2D eigenvalue weighted by atomic mass is 10.1. The summed E-state index contributed by atoms with van der Waals surface area (Å²) >= 11 is 3.56. The lowest BCUT2D eigenvalue weighted by Crippen LogP contribution is -2.28. The lowest BCUT2D eigenvalue weighted by molar-refractivity contribution is 0.0783. The molecular formula is C21H27BrN6O. The van der Waals surface area contributed by atoms with Gasteiger partial charge in [-0.3, -0.25) is 9.48 Å². The van der Waals surface area contributed by atoms with Crippen LogP contribution in [0.3, 0.4) is 0 Å². The summed E-state index contributed by atoms with van der Waals surface area (Å²) in [6, 6.07) is 2.17. The van der Waals surface area contributed by atoms with Crippen LogP contribution in [0, 0.1) is 6.92 Å². The summed E-state index contributed by atoms with van der Waals surface area (Å²) in [6.07, 6.45) is 4.06. The third-order valence-electron chi connectivity index (χ3n) is 5.50. The molecule has 7 nitrogen and oxygen atoms in total. The Kier molecular flexibility index (Phi) is 5.23. The molecule has 0 bridgehead atoms.